The summed E-state index contributed by atoms with van der Waals surface area (Å²) in [6.07, 6.45) is 6.27. The summed E-state index contributed by atoms with van der Waals surface area (Å²) in [6, 6.07) is 5.42. The number of carbonyl (C=O) groups is 2. The molecule has 7 heterocycles. The molecule has 2 amide bonds. The van der Waals surface area contributed by atoms with Gasteiger partial charge in [0, 0.05) is 55.1 Å². The van der Waals surface area contributed by atoms with Crippen LogP contribution in [0.4, 0.5) is 40.7 Å². The Labute approximate surface area is 357 Å². The smallest absolute Gasteiger partial charge is 0.301 e. The summed E-state index contributed by atoms with van der Waals surface area (Å²) < 4.78 is 68.7. The largest absolute Gasteiger partial charge is 0.480 e. The number of aryl methyl sites for hydroxylation is 1. The predicted molar refractivity (Wildman–Crippen MR) is 225 cm³/mol. The molecule has 2 atom stereocenters. The normalized spacial score (nSPS) is 22.6. The van der Waals surface area contributed by atoms with Crippen LogP contribution in [0.2, 0.25) is 5.02 Å². The maximum atomic E-state index is 15.9. The first-order valence-corrected chi connectivity index (χ1v) is 21.6. The molecule has 19 heteroatoms. The molecule has 0 bridgehead atoms. The Balaban J connectivity index is 0.772. The van der Waals surface area contributed by atoms with E-state index in [2.05, 4.69) is 40.9 Å². The molecule has 2 aromatic carbocycles. The van der Waals surface area contributed by atoms with Gasteiger partial charge in [-0.3, -0.25) is 24.8 Å². The third-order valence-corrected chi connectivity index (χ3v) is 13.7. The van der Waals surface area contributed by atoms with Crippen LogP contribution in [-0.4, -0.2) is 92.7 Å². The molecule has 4 fully saturated rings. The van der Waals surface area contributed by atoms with E-state index in [4.69, 9.17) is 21.3 Å². The van der Waals surface area contributed by atoms with Crippen LogP contribution < -0.4 is 31.1 Å². The van der Waals surface area contributed by atoms with Crippen molar-refractivity contribution in [1.29, 1.82) is 0 Å². The van der Waals surface area contributed by atoms with Crippen LogP contribution in [0.25, 0.3) is 21.8 Å². The van der Waals surface area contributed by atoms with E-state index >= 15 is 17.6 Å². The second-order valence-electron chi connectivity index (χ2n) is 17.4. The molecule has 14 nitrogen and oxygen atoms in total. The molecule has 1 aliphatic carbocycles. The summed E-state index contributed by atoms with van der Waals surface area (Å²) in [6.45, 7) is 2.82. The molecule has 2 unspecified atom stereocenters. The van der Waals surface area contributed by atoms with E-state index in [1.807, 2.05) is 0 Å². The highest BCUT2D eigenvalue weighted by atomic mass is 35.5. The fraction of sp³-hybridized carbons (Fsp3) is 0.488. The average molecular weight is 877 g/mol. The third-order valence-electron chi connectivity index (χ3n) is 13.4. The number of aromatic amines is 1. The zero-order chi connectivity index (χ0) is 43.0. The minimum atomic E-state index is -3.15. The molecule has 10 rings (SSSR count). The van der Waals surface area contributed by atoms with E-state index in [-0.39, 0.29) is 58.5 Å². The Hall–Kier alpha value is -5.49. The number of hydrogen-bond donors (Lipinski definition) is 4. The van der Waals surface area contributed by atoms with Crippen molar-refractivity contribution < 1.29 is 31.9 Å². The number of halogens is 5. The quantitative estimate of drug-likeness (QED) is 0.0969. The van der Waals surface area contributed by atoms with E-state index in [1.165, 1.54) is 10.6 Å². The molecule has 62 heavy (non-hydrogen) atoms. The molecule has 4 aliphatic heterocycles. The van der Waals surface area contributed by atoms with E-state index < -0.39 is 47.6 Å². The van der Waals surface area contributed by atoms with Gasteiger partial charge in [-0.15, -0.1) is 0 Å². The fourth-order valence-corrected chi connectivity index (χ4v) is 9.97. The van der Waals surface area contributed by atoms with Gasteiger partial charge >= 0.3 is 5.92 Å². The van der Waals surface area contributed by atoms with Gasteiger partial charge in [0.05, 0.1) is 35.1 Å². The number of H-pyrrole nitrogens is 1. The molecule has 1 saturated carbocycles. The summed E-state index contributed by atoms with van der Waals surface area (Å²) >= 11 is 6.60. The maximum absolute atomic E-state index is 15.9. The number of carbonyl (C=O) groups excluding carboxylic acids is 2. The highest BCUT2D eigenvalue weighted by Crippen LogP contribution is 2.46. The molecule has 3 saturated heterocycles. The van der Waals surface area contributed by atoms with Crippen LogP contribution in [0.1, 0.15) is 74.5 Å². The monoisotopic (exact) mass is 876 g/mol. The Kier molecular flexibility index (Phi) is 10.3. The maximum Gasteiger partial charge on any atom is 0.301 e. The minimum Gasteiger partial charge on any atom is -0.480 e. The molecule has 5 aromatic rings. The van der Waals surface area contributed by atoms with Crippen molar-refractivity contribution in [3.63, 3.8) is 0 Å². The summed E-state index contributed by atoms with van der Waals surface area (Å²) in [5.41, 5.74) is 1.24. The van der Waals surface area contributed by atoms with Crippen LogP contribution >= 0.6 is 11.6 Å². The van der Waals surface area contributed by atoms with Gasteiger partial charge < -0.3 is 29.7 Å². The van der Waals surface area contributed by atoms with E-state index in [0.717, 1.165) is 32.5 Å². The van der Waals surface area contributed by atoms with Gasteiger partial charge in [0.25, 0.3) is 5.56 Å². The first kappa shape index (κ1) is 40.6. The van der Waals surface area contributed by atoms with Crippen LogP contribution in [-0.2, 0) is 16.6 Å². The SMILES string of the molecule is Cn1c(=O)c2c(c3cc(Nc4nc(N5CCC(CN6CCC(c7c(F)cc8c(C9CCC(=O)NC9=O)[nH]nc8c7F)CC6)CC5)ncc4Cl)ccc31)NC(C1CC1)C(F)(F)CO2. The first-order chi connectivity index (χ1) is 29.8. The molecule has 0 radical (unpaired) electrons. The number of amides is 2. The van der Waals surface area contributed by atoms with Gasteiger partial charge in [-0.1, -0.05) is 11.6 Å². The first-order valence-electron chi connectivity index (χ1n) is 21.2. The lowest BCUT2D eigenvalue weighted by Gasteiger charge is -2.38. The van der Waals surface area contributed by atoms with Crippen LogP contribution in [0, 0.1) is 23.5 Å². The lowest BCUT2D eigenvalue weighted by Crippen LogP contribution is -2.44. The number of rotatable bonds is 8. The highest BCUT2D eigenvalue weighted by molar-refractivity contribution is 6.33. The molecule has 0 spiro atoms. The number of ether oxygens (including phenoxy) is 1. The van der Waals surface area contributed by atoms with E-state index in [0.29, 0.717) is 83.8 Å². The van der Waals surface area contributed by atoms with Gasteiger partial charge in [0.15, 0.2) is 18.2 Å². The average Bonchev–Trinajstić information content (AvgIpc) is 4.03. The van der Waals surface area contributed by atoms with E-state index in [9.17, 15) is 14.4 Å². The number of pyridine rings is 1. The second kappa shape index (κ2) is 15.7. The number of benzene rings is 2. The number of aromatic nitrogens is 5. The van der Waals surface area contributed by atoms with Crippen molar-refractivity contribution in [1.82, 2.24) is 34.9 Å². The number of hydrogen-bond acceptors (Lipinski definition) is 11. The number of anilines is 4. The predicted octanol–water partition coefficient (Wildman–Crippen LogP) is 6.71. The fourth-order valence-electron chi connectivity index (χ4n) is 9.83. The number of fused-ring (bicyclic) bond motifs is 4. The summed E-state index contributed by atoms with van der Waals surface area (Å²) in [5.74, 6) is -5.46. The Morgan fingerprint density at radius 1 is 0.984 bits per heavy atom. The number of nitrogens with one attached hydrogen (secondary N) is 4. The van der Waals surface area contributed by atoms with Crippen molar-refractivity contribution in [2.24, 2.45) is 18.9 Å². The second-order valence-corrected chi connectivity index (χ2v) is 17.8. The molecular formula is C43H45ClF4N10O4. The van der Waals surface area contributed by atoms with E-state index in [1.54, 1.807) is 31.4 Å². The van der Waals surface area contributed by atoms with Crippen LogP contribution in [0.15, 0.2) is 35.3 Å². The summed E-state index contributed by atoms with van der Waals surface area (Å²) in [5, 5.41) is 16.5. The van der Waals surface area contributed by atoms with Crippen molar-refractivity contribution >= 4 is 68.4 Å². The van der Waals surface area contributed by atoms with Crippen molar-refractivity contribution in [2.75, 3.05) is 54.9 Å². The molecule has 4 N–H and O–H groups in total. The zero-order valence-corrected chi connectivity index (χ0v) is 34.6. The number of piperidine rings is 3. The topological polar surface area (TPSA) is 162 Å². The molecular weight excluding hydrogens is 832 g/mol. The Morgan fingerprint density at radius 3 is 2.50 bits per heavy atom. The lowest BCUT2D eigenvalue weighted by molar-refractivity contribution is -0.134. The summed E-state index contributed by atoms with van der Waals surface area (Å²) in [4.78, 5) is 51.1. The molecule has 3 aromatic heterocycles. The highest BCUT2D eigenvalue weighted by Gasteiger charge is 2.51. The van der Waals surface area contributed by atoms with Crippen molar-refractivity contribution in [2.45, 2.75) is 75.2 Å². The number of likely N-dealkylation sites (tertiary alicyclic amines) is 1. The van der Waals surface area contributed by atoms with Crippen LogP contribution in [0.3, 0.4) is 0 Å². The van der Waals surface area contributed by atoms with Gasteiger partial charge in [-0.05, 0) is 100 Å². The lowest BCUT2D eigenvalue weighted by atomic mass is 9.86. The van der Waals surface area contributed by atoms with Gasteiger partial charge in [-0.2, -0.15) is 10.1 Å². The minimum absolute atomic E-state index is 0.00531. The standard InChI is InChI=1S/C43H45ClF4N10O4/c1-56-30-6-4-24(16-26(30)36-37(41(56)61)62-20-43(47,48)38(52-36)23-2-3-23)50-39-28(44)18-49-42(53-39)58-14-8-21(9-15-58)19-57-12-10-22(11-13-57)32-29(45)17-27-34(54-55-35(27)33(32)46)25-5-7-31(59)51-40(25)60/h4,6,16-18,21-23,25,38,52H,2-3,5,7-15,19-20H2,1H3,(H,54,55)(H,49,50,53)(H,51,59,60). The Bertz CT molecular complexity index is 2670. The molecule has 5 aliphatic rings. The number of nitrogens with zero attached hydrogens (tertiary/aromatic N) is 6. The van der Waals surface area contributed by atoms with Crippen molar-refractivity contribution in [3.8, 4) is 5.75 Å². The Morgan fingerprint density at radius 2 is 1.76 bits per heavy atom. The van der Waals surface area contributed by atoms with Crippen molar-refractivity contribution in [3.05, 3.63) is 68.7 Å². The number of imide groups is 1. The summed E-state index contributed by atoms with van der Waals surface area (Å²) in [7, 11) is 1.58. The number of alkyl halides is 2. The van der Waals surface area contributed by atoms with Gasteiger partial charge in [-0.25, -0.2) is 22.5 Å². The zero-order valence-electron chi connectivity index (χ0n) is 33.9. The van der Waals surface area contributed by atoms with Gasteiger partial charge in [0.2, 0.25) is 23.5 Å². The molecule has 326 valence electrons. The van der Waals surface area contributed by atoms with Gasteiger partial charge in [0.1, 0.15) is 16.4 Å². The van der Waals surface area contributed by atoms with Crippen LogP contribution in [0.5, 0.6) is 5.75 Å². The third kappa shape index (κ3) is 7.37.